The van der Waals surface area contributed by atoms with Gasteiger partial charge in [-0.05, 0) is 30.3 Å². The number of halogens is 2. The van der Waals surface area contributed by atoms with Gasteiger partial charge in [0.05, 0.1) is 7.11 Å². The summed E-state index contributed by atoms with van der Waals surface area (Å²) in [5, 5.41) is 2.53. The largest absolute Gasteiger partial charge is 0.497 e. The standard InChI is InChI=1S/C19H19F2N3O3/c1-27-15-4-2-3-13(11-15)18(25)23-7-9-24(10-8-23)19(26)22-14-5-6-16(20)17(21)12-14/h2-6,11-12H,7-10H2,1H3,(H,22,26). The summed E-state index contributed by atoms with van der Waals surface area (Å²) in [6, 6.07) is 9.64. The minimum absolute atomic E-state index is 0.130. The van der Waals surface area contributed by atoms with E-state index in [1.165, 1.54) is 18.1 Å². The van der Waals surface area contributed by atoms with Crippen molar-refractivity contribution in [2.75, 3.05) is 38.6 Å². The number of anilines is 1. The predicted octanol–water partition coefficient (Wildman–Crippen LogP) is 2.96. The fraction of sp³-hybridized carbons (Fsp3) is 0.263. The van der Waals surface area contributed by atoms with E-state index in [2.05, 4.69) is 5.32 Å². The summed E-state index contributed by atoms with van der Waals surface area (Å²) >= 11 is 0. The van der Waals surface area contributed by atoms with Gasteiger partial charge < -0.3 is 19.9 Å². The second-order valence-corrected chi connectivity index (χ2v) is 6.07. The van der Waals surface area contributed by atoms with Gasteiger partial charge in [0.25, 0.3) is 5.91 Å². The van der Waals surface area contributed by atoms with Crippen LogP contribution < -0.4 is 10.1 Å². The topological polar surface area (TPSA) is 61.9 Å². The number of methoxy groups -OCH3 is 1. The molecule has 1 heterocycles. The normalized spacial score (nSPS) is 14.0. The van der Waals surface area contributed by atoms with Gasteiger partial charge in [-0.25, -0.2) is 13.6 Å². The van der Waals surface area contributed by atoms with Crippen molar-refractivity contribution >= 4 is 17.6 Å². The predicted molar refractivity (Wildman–Crippen MR) is 95.8 cm³/mol. The third kappa shape index (κ3) is 4.33. The van der Waals surface area contributed by atoms with Gasteiger partial charge in [-0.1, -0.05) is 6.07 Å². The molecule has 2 aromatic carbocycles. The molecular weight excluding hydrogens is 356 g/mol. The molecule has 0 atom stereocenters. The number of benzene rings is 2. The molecule has 0 aliphatic carbocycles. The lowest BCUT2D eigenvalue weighted by Gasteiger charge is -2.34. The Morgan fingerprint density at radius 3 is 2.33 bits per heavy atom. The molecule has 0 bridgehead atoms. The first-order valence-electron chi connectivity index (χ1n) is 8.42. The summed E-state index contributed by atoms with van der Waals surface area (Å²) in [5.41, 5.74) is 0.697. The molecular formula is C19H19F2N3O3. The Kier molecular flexibility index (Phi) is 5.54. The summed E-state index contributed by atoms with van der Waals surface area (Å²) in [7, 11) is 1.54. The minimum Gasteiger partial charge on any atom is -0.497 e. The van der Waals surface area contributed by atoms with Gasteiger partial charge in [0.2, 0.25) is 0 Å². The van der Waals surface area contributed by atoms with E-state index in [0.717, 1.165) is 12.1 Å². The number of rotatable bonds is 3. The van der Waals surface area contributed by atoms with E-state index in [9.17, 15) is 18.4 Å². The lowest BCUT2D eigenvalue weighted by molar-refractivity contribution is 0.0671. The maximum absolute atomic E-state index is 13.2. The lowest BCUT2D eigenvalue weighted by atomic mass is 10.1. The average Bonchev–Trinajstić information content (AvgIpc) is 2.70. The molecule has 1 saturated heterocycles. The molecule has 2 aromatic rings. The van der Waals surface area contributed by atoms with Crippen LogP contribution in [0.15, 0.2) is 42.5 Å². The number of carbonyl (C=O) groups is 2. The van der Waals surface area contributed by atoms with Gasteiger partial charge in [0, 0.05) is 43.5 Å². The highest BCUT2D eigenvalue weighted by molar-refractivity contribution is 5.95. The molecule has 0 radical (unpaired) electrons. The van der Waals surface area contributed by atoms with Crippen molar-refractivity contribution in [2.45, 2.75) is 0 Å². The van der Waals surface area contributed by atoms with E-state index in [4.69, 9.17) is 4.74 Å². The molecule has 8 heteroatoms. The maximum Gasteiger partial charge on any atom is 0.321 e. The summed E-state index contributed by atoms with van der Waals surface area (Å²) in [6.07, 6.45) is 0. The molecule has 6 nitrogen and oxygen atoms in total. The van der Waals surface area contributed by atoms with E-state index in [-0.39, 0.29) is 11.6 Å². The Morgan fingerprint density at radius 1 is 0.963 bits per heavy atom. The van der Waals surface area contributed by atoms with Crippen LogP contribution in [0.5, 0.6) is 5.75 Å². The quantitative estimate of drug-likeness (QED) is 0.897. The Balaban J connectivity index is 1.56. The molecule has 0 spiro atoms. The fourth-order valence-corrected chi connectivity index (χ4v) is 2.83. The summed E-state index contributed by atoms with van der Waals surface area (Å²) < 4.78 is 31.3. The van der Waals surface area contributed by atoms with Gasteiger partial charge in [0.15, 0.2) is 11.6 Å². The molecule has 142 valence electrons. The first-order chi connectivity index (χ1) is 13.0. The van der Waals surface area contributed by atoms with Crippen LogP contribution >= 0.6 is 0 Å². The Bertz CT molecular complexity index is 852. The van der Waals surface area contributed by atoms with Crippen molar-refractivity contribution in [1.29, 1.82) is 0 Å². The zero-order valence-corrected chi connectivity index (χ0v) is 14.7. The number of ether oxygens (including phenoxy) is 1. The first-order valence-corrected chi connectivity index (χ1v) is 8.42. The Morgan fingerprint density at radius 2 is 1.67 bits per heavy atom. The molecule has 3 rings (SSSR count). The molecule has 0 unspecified atom stereocenters. The summed E-state index contributed by atoms with van der Waals surface area (Å²) in [5.74, 6) is -1.53. The van der Waals surface area contributed by atoms with Crippen LogP contribution in [0.3, 0.4) is 0 Å². The Hall–Kier alpha value is -3.16. The third-order valence-electron chi connectivity index (χ3n) is 4.34. The monoisotopic (exact) mass is 375 g/mol. The highest BCUT2D eigenvalue weighted by Crippen LogP contribution is 2.17. The zero-order chi connectivity index (χ0) is 19.4. The first kappa shape index (κ1) is 18.6. The van der Waals surface area contributed by atoms with Crippen molar-refractivity contribution in [3.8, 4) is 5.75 Å². The molecule has 1 aliphatic rings. The van der Waals surface area contributed by atoms with Gasteiger partial charge in [-0.3, -0.25) is 4.79 Å². The van der Waals surface area contributed by atoms with Crippen LogP contribution in [-0.4, -0.2) is 55.0 Å². The molecule has 1 aliphatic heterocycles. The number of piperazine rings is 1. The van der Waals surface area contributed by atoms with Crippen molar-refractivity contribution in [2.24, 2.45) is 0 Å². The molecule has 1 fully saturated rings. The minimum atomic E-state index is -1.03. The molecule has 0 saturated carbocycles. The summed E-state index contributed by atoms with van der Waals surface area (Å²) in [4.78, 5) is 28.0. The average molecular weight is 375 g/mol. The molecule has 3 amide bonds. The summed E-state index contributed by atoms with van der Waals surface area (Å²) in [6.45, 7) is 1.43. The highest BCUT2D eigenvalue weighted by Gasteiger charge is 2.25. The third-order valence-corrected chi connectivity index (χ3v) is 4.34. The number of nitrogens with zero attached hydrogens (tertiary/aromatic N) is 2. The number of carbonyl (C=O) groups excluding carboxylic acids is 2. The SMILES string of the molecule is COc1cccc(C(=O)N2CCN(C(=O)Nc3ccc(F)c(F)c3)CC2)c1. The number of amides is 3. The fourth-order valence-electron chi connectivity index (χ4n) is 2.83. The van der Waals surface area contributed by atoms with Crippen molar-refractivity contribution < 1.29 is 23.1 Å². The number of urea groups is 1. The van der Waals surface area contributed by atoms with Gasteiger partial charge >= 0.3 is 6.03 Å². The molecule has 1 N–H and O–H groups in total. The van der Waals surface area contributed by atoms with E-state index >= 15 is 0 Å². The van der Waals surface area contributed by atoms with Crippen LogP contribution in [0, 0.1) is 11.6 Å². The van der Waals surface area contributed by atoms with Crippen LogP contribution in [-0.2, 0) is 0 Å². The Labute approximate surface area is 155 Å². The van der Waals surface area contributed by atoms with Gasteiger partial charge in [0.1, 0.15) is 5.75 Å². The van der Waals surface area contributed by atoms with Crippen molar-refractivity contribution in [3.63, 3.8) is 0 Å². The van der Waals surface area contributed by atoms with E-state index in [1.807, 2.05) is 0 Å². The van der Waals surface area contributed by atoms with Gasteiger partial charge in [-0.2, -0.15) is 0 Å². The number of hydrogen-bond acceptors (Lipinski definition) is 3. The van der Waals surface area contributed by atoms with Crippen LogP contribution in [0.1, 0.15) is 10.4 Å². The van der Waals surface area contributed by atoms with Gasteiger partial charge in [-0.15, -0.1) is 0 Å². The maximum atomic E-state index is 13.2. The van der Waals surface area contributed by atoms with Crippen LogP contribution in [0.4, 0.5) is 19.3 Å². The second-order valence-electron chi connectivity index (χ2n) is 6.07. The highest BCUT2D eigenvalue weighted by atomic mass is 19.2. The number of nitrogens with one attached hydrogen (secondary N) is 1. The van der Waals surface area contributed by atoms with E-state index in [1.54, 1.807) is 29.2 Å². The zero-order valence-electron chi connectivity index (χ0n) is 14.7. The smallest absolute Gasteiger partial charge is 0.321 e. The van der Waals surface area contributed by atoms with Crippen molar-refractivity contribution in [3.05, 3.63) is 59.7 Å². The van der Waals surface area contributed by atoms with Crippen molar-refractivity contribution in [1.82, 2.24) is 9.80 Å². The molecule has 0 aromatic heterocycles. The molecule has 27 heavy (non-hydrogen) atoms. The van der Waals surface area contributed by atoms with E-state index in [0.29, 0.717) is 37.5 Å². The number of hydrogen-bond donors (Lipinski definition) is 1. The van der Waals surface area contributed by atoms with Crippen LogP contribution in [0.25, 0.3) is 0 Å². The lowest BCUT2D eigenvalue weighted by Crippen LogP contribution is -2.51. The van der Waals surface area contributed by atoms with Crippen LogP contribution in [0.2, 0.25) is 0 Å². The van der Waals surface area contributed by atoms with E-state index < -0.39 is 17.7 Å². The second kappa shape index (κ2) is 8.03.